The van der Waals surface area contributed by atoms with Crippen molar-refractivity contribution in [2.75, 3.05) is 19.6 Å². The van der Waals surface area contributed by atoms with Crippen LogP contribution in [0.2, 0.25) is 0 Å². The number of amides is 1. The van der Waals surface area contributed by atoms with Gasteiger partial charge in [0, 0.05) is 30.6 Å². The van der Waals surface area contributed by atoms with Gasteiger partial charge in [-0.25, -0.2) is 0 Å². The average molecular weight is 333 g/mol. The van der Waals surface area contributed by atoms with Gasteiger partial charge >= 0.3 is 0 Å². The van der Waals surface area contributed by atoms with Crippen molar-refractivity contribution in [2.24, 2.45) is 5.92 Å². The fraction of sp³-hybridized carbons (Fsp3) is 0.611. The first-order valence-electron chi connectivity index (χ1n) is 8.75. The van der Waals surface area contributed by atoms with Crippen molar-refractivity contribution >= 4 is 11.6 Å². The summed E-state index contributed by atoms with van der Waals surface area (Å²) >= 11 is 0. The Kier molecular flexibility index (Phi) is 6.73. The summed E-state index contributed by atoms with van der Waals surface area (Å²) in [6.07, 6.45) is 3.82. The van der Waals surface area contributed by atoms with Gasteiger partial charge < -0.3 is 5.32 Å². The van der Waals surface area contributed by atoms with E-state index in [9.17, 15) is 14.9 Å². The second-order valence-electron chi connectivity index (χ2n) is 6.51. The van der Waals surface area contributed by atoms with Crippen molar-refractivity contribution in [1.82, 2.24) is 10.2 Å². The Morgan fingerprint density at radius 2 is 2.08 bits per heavy atom. The lowest BCUT2D eigenvalue weighted by Gasteiger charge is -2.31. The Bertz CT molecular complexity index is 581. The van der Waals surface area contributed by atoms with E-state index < -0.39 is 0 Å². The Morgan fingerprint density at radius 1 is 1.38 bits per heavy atom. The summed E-state index contributed by atoms with van der Waals surface area (Å²) in [6, 6.07) is 5.24. The molecule has 0 spiro atoms. The molecule has 1 heterocycles. The van der Waals surface area contributed by atoms with Gasteiger partial charge in [-0.1, -0.05) is 25.5 Å². The van der Waals surface area contributed by atoms with Crippen molar-refractivity contribution < 1.29 is 9.72 Å². The third kappa shape index (κ3) is 4.77. The first-order valence-corrected chi connectivity index (χ1v) is 8.75. The number of nitrogens with zero attached hydrogens (tertiary/aromatic N) is 2. The van der Waals surface area contributed by atoms with Crippen molar-refractivity contribution in [1.29, 1.82) is 0 Å². The van der Waals surface area contributed by atoms with Crippen LogP contribution in [0.1, 0.15) is 43.7 Å². The maximum absolute atomic E-state index is 12.1. The van der Waals surface area contributed by atoms with E-state index in [2.05, 4.69) is 17.1 Å². The normalized spacial score (nSPS) is 16.1. The fourth-order valence-electron chi connectivity index (χ4n) is 3.17. The van der Waals surface area contributed by atoms with Crippen LogP contribution in [0.5, 0.6) is 0 Å². The second-order valence-corrected chi connectivity index (χ2v) is 6.51. The molecule has 0 aliphatic carbocycles. The SMILES string of the molecule is CCCCNC(=O)C1CCN(Cc2cccc([N+](=O)[O-])c2C)CC1. The summed E-state index contributed by atoms with van der Waals surface area (Å²) in [5.74, 6) is 0.277. The van der Waals surface area contributed by atoms with Gasteiger partial charge in [-0.15, -0.1) is 0 Å². The molecular formula is C18H27N3O3. The highest BCUT2D eigenvalue weighted by Gasteiger charge is 2.25. The third-order valence-corrected chi connectivity index (χ3v) is 4.80. The highest BCUT2D eigenvalue weighted by Crippen LogP contribution is 2.24. The lowest BCUT2D eigenvalue weighted by atomic mass is 9.95. The molecule has 0 unspecified atom stereocenters. The quantitative estimate of drug-likeness (QED) is 0.473. The van der Waals surface area contributed by atoms with Crippen LogP contribution >= 0.6 is 0 Å². The molecular weight excluding hydrogens is 306 g/mol. The van der Waals surface area contributed by atoms with E-state index in [0.29, 0.717) is 6.54 Å². The van der Waals surface area contributed by atoms with E-state index in [0.717, 1.165) is 56.4 Å². The number of nitrogens with one attached hydrogen (secondary N) is 1. The third-order valence-electron chi connectivity index (χ3n) is 4.80. The molecule has 1 fully saturated rings. The van der Waals surface area contributed by atoms with Crippen LogP contribution < -0.4 is 5.32 Å². The number of carbonyl (C=O) groups excluding carboxylic acids is 1. The predicted molar refractivity (Wildman–Crippen MR) is 93.8 cm³/mol. The summed E-state index contributed by atoms with van der Waals surface area (Å²) in [7, 11) is 0. The standard InChI is InChI=1S/C18H27N3O3/c1-3-4-10-19-18(22)15-8-11-20(12-9-15)13-16-6-5-7-17(14(16)2)21(23)24/h5-7,15H,3-4,8-13H2,1-2H3,(H,19,22). The summed E-state index contributed by atoms with van der Waals surface area (Å²) in [4.78, 5) is 25.1. The number of carbonyl (C=O) groups is 1. The van der Waals surface area contributed by atoms with Crippen LogP contribution in [0.3, 0.4) is 0 Å². The zero-order valence-electron chi connectivity index (χ0n) is 14.6. The molecule has 1 N–H and O–H groups in total. The molecule has 6 heteroatoms. The summed E-state index contributed by atoms with van der Waals surface area (Å²) in [6.45, 7) is 7.10. The molecule has 6 nitrogen and oxygen atoms in total. The van der Waals surface area contributed by atoms with Gasteiger partial charge in [0.15, 0.2) is 0 Å². The minimum atomic E-state index is -0.328. The van der Waals surface area contributed by atoms with Crippen molar-refractivity contribution in [2.45, 2.75) is 46.1 Å². The molecule has 1 aliphatic heterocycles. The van der Waals surface area contributed by atoms with E-state index in [1.54, 1.807) is 19.1 Å². The molecule has 132 valence electrons. The average Bonchev–Trinajstić information content (AvgIpc) is 2.57. The number of nitro groups is 1. The second kappa shape index (κ2) is 8.78. The van der Waals surface area contributed by atoms with E-state index in [-0.39, 0.29) is 22.4 Å². The van der Waals surface area contributed by atoms with Gasteiger partial charge in [0.05, 0.1) is 4.92 Å². The van der Waals surface area contributed by atoms with Crippen LogP contribution in [0.25, 0.3) is 0 Å². The van der Waals surface area contributed by atoms with Crippen molar-refractivity contribution in [3.8, 4) is 0 Å². The van der Waals surface area contributed by atoms with Crippen LogP contribution in [0.4, 0.5) is 5.69 Å². The highest BCUT2D eigenvalue weighted by molar-refractivity contribution is 5.78. The molecule has 0 bridgehead atoms. The monoisotopic (exact) mass is 333 g/mol. The molecule has 1 aromatic rings. The zero-order chi connectivity index (χ0) is 17.5. The maximum Gasteiger partial charge on any atom is 0.272 e. The fourth-order valence-corrected chi connectivity index (χ4v) is 3.17. The van der Waals surface area contributed by atoms with Crippen LogP contribution in [-0.4, -0.2) is 35.4 Å². The van der Waals surface area contributed by atoms with Crippen molar-refractivity contribution in [3.63, 3.8) is 0 Å². The van der Waals surface area contributed by atoms with Gasteiger partial charge in [0.1, 0.15) is 0 Å². The number of benzene rings is 1. The number of rotatable bonds is 7. The van der Waals surface area contributed by atoms with Crippen LogP contribution in [0.15, 0.2) is 18.2 Å². The van der Waals surface area contributed by atoms with Gasteiger partial charge in [-0.05, 0) is 44.8 Å². The number of hydrogen-bond donors (Lipinski definition) is 1. The number of piperidine rings is 1. The van der Waals surface area contributed by atoms with E-state index in [4.69, 9.17) is 0 Å². The summed E-state index contributed by atoms with van der Waals surface area (Å²) in [5.41, 5.74) is 1.91. The van der Waals surface area contributed by atoms with E-state index >= 15 is 0 Å². The molecule has 1 saturated heterocycles. The topological polar surface area (TPSA) is 75.5 Å². The van der Waals surface area contributed by atoms with E-state index in [1.165, 1.54) is 0 Å². The molecule has 0 saturated carbocycles. The van der Waals surface area contributed by atoms with Crippen molar-refractivity contribution in [3.05, 3.63) is 39.4 Å². The predicted octanol–water partition coefficient (Wildman–Crippen LogP) is 3.03. The Hall–Kier alpha value is -1.95. The van der Waals surface area contributed by atoms with Gasteiger partial charge in [0.25, 0.3) is 5.69 Å². The van der Waals surface area contributed by atoms with Gasteiger partial charge in [-0.2, -0.15) is 0 Å². The highest BCUT2D eigenvalue weighted by atomic mass is 16.6. The molecule has 2 rings (SSSR count). The number of likely N-dealkylation sites (tertiary alicyclic amines) is 1. The first-order chi connectivity index (χ1) is 11.5. The Labute approximate surface area is 143 Å². The molecule has 24 heavy (non-hydrogen) atoms. The zero-order valence-corrected chi connectivity index (χ0v) is 14.6. The minimum absolute atomic E-state index is 0.101. The molecule has 0 radical (unpaired) electrons. The van der Waals surface area contributed by atoms with Gasteiger partial charge in [0.2, 0.25) is 5.91 Å². The summed E-state index contributed by atoms with van der Waals surface area (Å²) in [5, 5.41) is 14.1. The number of hydrogen-bond acceptors (Lipinski definition) is 4. The number of nitro benzene ring substituents is 1. The first kappa shape index (κ1) is 18.4. The lowest BCUT2D eigenvalue weighted by Crippen LogP contribution is -2.40. The van der Waals surface area contributed by atoms with E-state index in [1.807, 2.05) is 6.07 Å². The van der Waals surface area contributed by atoms with Crippen LogP contribution in [-0.2, 0) is 11.3 Å². The molecule has 1 aliphatic rings. The maximum atomic E-state index is 12.1. The minimum Gasteiger partial charge on any atom is -0.356 e. The molecule has 0 aromatic heterocycles. The Morgan fingerprint density at radius 3 is 2.71 bits per heavy atom. The molecule has 0 atom stereocenters. The van der Waals surface area contributed by atoms with Crippen LogP contribution in [0, 0.1) is 23.0 Å². The lowest BCUT2D eigenvalue weighted by molar-refractivity contribution is -0.385. The number of unbranched alkanes of at least 4 members (excludes halogenated alkanes) is 1. The smallest absolute Gasteiger partial charge is 0.272 e. The van der Waals surface area contributed by atoms with Gasteiger partial charge in [-0.3, -0.25) is 19.8 Å². The molecule has 1 aromatic carbocycles. The Balaban J connectivity index is 1.86. The summed E-state index contributed by atoms with van der Waals surface area (Å²) < 4.78 is 0. The largest absolute Gasteiger partial charge is 0.356 e. The molecule has 1 amide bonds.